The largest absolute Gasteiger partial charge is 0.387 e. The molecule has 1 aliphatic rings. The van der Waals surface area contributed by atoms with Gasteiger partial charge in [-0.15, -0.1) is 0 Å². The van der Waals surface area contributed by atoms with Crippen molar-refractivity contribution in [2.24, 2.45) is 21.6 Å². The highest BCUT2D eigenvalue weighted by atomic mass is 19.1. The molecule has 0 radical (unpaired) electrons. The summed E-state index contributed by atoms with van der Waals surface area (Å²) in [4.78, 5) is 13.4. The van der Waals surface area contributed by atoms with Crippen molar-refractivity contribution in [1.82, 2.24) is 9.38 Å². The number of nitrogens with two attached hydrogens (primary N) is 1. The van der Waals surface area contributed by atoms with Crippen molar-refractivity contribution >= 4 is 28.8 Å². The maximum absolute atomic E-state index is 14.4. The topological polar surface area (TPSA) is 68.0 Å². The second-order valence-electron chi connectivity index (χ2n) is 8.06. The molecule has 2 aromatic carbocycles. The van der Waals surface area contributed by atoms with E-state index in [4.69, 9.17) is 5.73 Å². The summed E-state index contributed by atoms with van der Waals surface area (Å²) in [6.07, 6.45) is 7.10. The summed E-state index contributed by atoms with van der Waals surface area (Å²) in [7, 11) is 0. The Morgan fingerprint density at radius 3 is 2.56 bits per heavy atom. The van der Waals surface area contributed by atoms with Crippen LogP contribution in [0.3, 0.4) is 0 Å². The third-order valence-electron chi connectivity index (χ3n) is 5.81. The minimum absolute atomic E-state index is 0.0746. The van der Waals surface area contributed by atoms with Crippen molar-refractivity contribution in [3.63, 3.8) is 0 Å². The molecule has 5 rings (SSSR count). The number of rotatable bonds is 4. The lowest BCUT2D eigenvalue weighted by Crippen LogP contribution is -2.31. The van der Waals surface area contributed by atoms with Crippen LogP contribution in [0.1, 0.15) is 12.5 Å². The van der Waals surface area contributed by atoms with Crippen LogP contribution in [0.2, 0.25) is 0 Å². The summed E-state index contributed by atoms with van der Waals surface area (Å²) in [5.74, 6) is -1.08. The molecule has 0 fully saturated rings. The molecule has 8 heteroatoms. The smallest absolute Gasteiger partial charge is 0.147 e. The van der Waals surface area contributed by atoms with E-state index in [1.807, 2.05) is 25.1 Å². The Kier molecular flexibility index (Phi) is 5.49. The van der Waals surface area contributed by atoms with Gasteiger partial charge in [-0.1, -0.05) is 12.1 Å². The number of dihydropyridines is 1. The Morgan fingerprint density at radius 2 is 1.76 bits per heavy atom. The van der Waals surface area contributed by atoms with Gasteiger partial charge in [0, 0.05) is 18.0 Å². The summed E-state index contributed by atoms with van der Waals surface area (Å²) < 4.78 is 43.1. The Hall–Kier alpha value is -4.20. The van der Waals surface area contributed by atoms with Crippen molar-refractivity contribution in [2.45, 2.75) is 13.0 Å². The first kappa shape index (κ1) is 21.6. The van der Waals surface area contributed by atoms with E-state index in [-0.39, 0.29) is 23.3 Å². The molecule has 1 aliphatic heterocycles. The van der Waals surface area contributed by atoms with E-state index in [1.54, 1.807) is 35.1 Å². The molecule has 0 aliphatic carbocycles. The molecule has 0 saturated heterocycles. The number of fused-ring (bicyclic) bond motifs is 1. The standard InChI is InChI=1S/C26H20F3N5/c1-15-21(25(30)33-19-7-4-17(27)5-8-19)11-16(13-31-15)20-3-2-10-34-24(20)14-32-26(34)22-12-18(28)6-9-23(22)29/h2-15,21H,1H3,(H2,30,33). The van der Waals surface area contributed by atoms with Crippen LogP contribution in [0, 0.1) is 23.4 Å². The number of halogens is 3. The SMILES string of the molecule is CC1N=CC(c2cccn3c(-c4cc(F)ccc4F)ncc23)=CC1C(N)=Nc1ccc(F)cc1. The Balaban J connectivity index is 1.55. The third-order valence-corrected chi connectivity index (χ3v) is 5.81. The first-order valence-corrected chi connectivity index (χ1v) is 10.7. The van der Waals surface area contributed by atoms with E-state index in [0.29, 0.717) is 22.9 Å². The molecular weight excluding hydrogens is 439 g/mol. The van der Waals surface area contributed by atoms with Gasteiger partial charge in [-0.25, -0.2) is 23.1 Å². The molecule has 2 atom stereocenters. The van der Waals surface area contributed by atoms with Crippen LogP contribution in [0.15, 0.2) is 83.1 Å². The molecule has 2 aromatic heterocycles. The normalized spacial score (nSPS) is 18.4. The monoisotopic (exact) mass is 459 g/mol. The lowest BCUT2D eigenvalue weighted by molar-refractivity contribution is 0.602. The first-order chi connectivity index (χ1) is 16.4. The molecule has 5 nitrogen and oxygen atoms in total. The minimum Gasteiger partial charge on any atom is -0.387 e. The van der Waals surface area contributed by atoms with Crippen LogP contribution < -0.4 is 5.73 Å². The van der Waals surface area contributed by atoms with Crippen LogP contribution in [-0.4, -0.2) is 27.5 Å². The average Bonchev–Trinajstić information content (AvgIpc) is 3.26. The van der Waals surface area contributed by atoms with E-state index >= 15 is 0 Å². The van der Waals surface area contributed by atoms with Crippen LogP contribution in [0.5, 0.6) is 0 Å². The van der Waals surface area contributed by atoms with E-state index in [0.717, 1.165) is 29.3 Å². The van der Waals surface area contributed by atoms with Gasteiger partial charge >= 0.3 is 0 Å². The molecule has 2 N–H and O–H groups in total. The Morgan fingerprint density at radius 1 is 1.00 bits per heavy atom. The molecule has 3 heterocycles. The Labute approximate surface area is 193 Å². The van der Waals surface area contributed by atoms with Crippen LogP contribution in [0.25, 0.3) is 22.5 Å². The van der Waals surface area contributed by atoms with Crippen LogP contribution in [-0.2, 0) is 0 Å². The number of nitrogens with zero attached hydrogens (tertiary/aromatic N) is 4. The lowest BCUT2D eigenvalue weighted by atomic mass is 9.92. The predicted octanol–water partition coefficient (Wildman–Crippen LogP) is 5.58. The van der Waals surface area contributed by atoms with Crippen LogP contribution >= 0.6 is 0 Å². The maximum Gasteiger partial charge on any atom is 0.147 e. The molecule has 0 saturated carbocycles. The highest BCUT2D eigenvalue weighted by Crippen LogP contribution is 2.30. The number of hydrogen-bond donors (Lipinski definition) is 1. The zero-order valence-electron chi connectivity index (χ0n) is 18.2. The van der Waals surface area contributed by atoms with Gasteiger partial charge in [0.05, 0.1) is 34.9 Å². The van der Waals surface area contributed by atoms with Gasteiger partial charge in [-0.05, 0) is 61.0 Å². The zero-order valence-corrected chi connectivity index (χ0v) is 18.2. The fourth-order valence-electron chi connectivity index (χ4n) is 4.03. The number of pyridine rings is 1. The summed E-state index contributed by atoms with van der Waals surface area (Å²) >= 11 is 0. The average molecular weight is 459 g/mol. The third kappa shape index (κ3) is 3.98. The van der Waals surface area contributed by atoms with E-state index in [9.17, 15) is 13.2 Å². The number of hydrogen-bond acceptors (Lipinski definition) is 3. The molecule has 4 aromatic rings. The molecule has 0 spiro atoms. The van der Waals surface area contributed by atoms with E-state index < -0.39 is 11.6 Å². The lowest BCUT2D eigenvalue weighted by Gasteiger charge is -2.22. The number of allylic oxidation sites excluding steroid dienone is 1. The fraction of sp³-hybridized carbons (Fsp3) is 0.115. The number of aliphatic imine (C=N–C) groups is 2. The highest BCUT2D eigenvalue weighted by Gasteiger charge is 2.24. The minimum atomic E-state index is -0.559. The zero-order chi connectivity index (χ0) is 23.8. The Bertz CT molecular complexity index is 1470. The fourth-order valence-corrected chi connectivity index (χ4v) is 4.03. The second-order valence-corrected chi connectivity index (χ2v) is 8.06. The first-order valence-electron chi connectivity index (χ1n) is 10.7. The summed E-state index contributed by atoms with van der Waals surface area (Å²) in [5, 5.41) is 0. The van der Waals surface area contributed by atoms with Crippen molar-refractivity contribution < 1.29 is 13.2 Å². The van der Waals surface area contributed by atoms with Crippen molar-refractivity contribution in [3.05, 3.63) is 96.1 Å². The summed E-state index contributed by atoms with van der Waals surface area (Å²) in [6, 6.07) is 12.6. The van der Waals surface area contributed by atoms with Gasteiger partial charge in [0.1, 0.15) is 29.1 Å². The summed E-state index contributed by atoms with van der Waals surface area (Å²) in [6.45, 7) is 1.94. The maximum atomic E-state index is 14.4. The molecule has 170 valence electrons. The number of amidine groups is 1. The molecule has 34 heavy (non-hydrogen) atoms. The van der Waals surface area contributed by atoms with Gasteiger partial charge in [-0.3, -0.25) is 9.39 Å². The van der Waals surface area contributed by atoms with Gasteiger partial charge < -0.3 is 5.73 Å². The molecule has 0 bridgehead atoms. The van der Waals surface area contributed by atoms with Crippen LogP contribution in [0.4, 0.5) is 18.9 Å². The van der Waals surface area contributed by atoms with E-state index in [1.165, 1.54) is 12.1 Å². The van der Waals surface area contributed by atoms with Crippen molar-refractivity contribution in [3.8, 4) is 11.4 Å². The number of benzene rings is 2. The van der Waals surface area contributed by atoms with Gasteiger partial charge in [-0.2, -0.15) is 0 Å². The van der Waals surface area contributed by atoms with Crippen molar-refractivity contribution in [1.29, 1.82) is 0 Å². The van der Waals surface area contributed by atoms with E-state index in [2.05, 4.69) is 15.0 Å². The van der Waals surface area contributed by atoms with Gasteiger partial charge in [0.25, 0.3) is 0 Å². The highest BCUT2D eigenvalue weighted by molar-refractivity contribution is 6.14. The number of imidazole rings is 1. The summed E-state index contributed by atoms with van der Waals surface area (Å²) in [5.41, 5.74) is 9.27. The predicted molar refractivity (Wildman–Crippen MR) is 128 cm³/mol. The van der Waals surface area contributed by atoms with Gasteiger partial charge in [0.15, 0.2) is 0 Å². The van der Waals surface area contributed by atoms with Crippen molar-refractivity contribution in [2.75, 3.05) is 0 Å². The number of aromatic nitrogens is 2. The molecule has 0 amide bonds. The van der Waals surface area contributed by atoms with Gasteiger partial charge in [0.2, 0.25) is 0 Å². The quantitative estimate of drug-likeness (QED) is 0.320. The molecular formula is C26H20F3N5. The molecule has 2 unspecified atom stereocenters. The second kappa shape index (κ2) is 8.62.